The largest absolute Gasteiger partial charge is 0.495 e. The maximum Gasteiger partial charge on any atom is 0.253 e. The number of sulfonamides is 1. The van der Waals surface area contributed by atoms with Crippen molar-refractivity contribution in [2.75, 3.05) is 14.2 Å². The predicted molar refractivity (Wildman–Crippen MR) is 113 cm³/mol. The van der Waals surface area contributed by atoms with Crippen LogP contribution in [0, 0.1) is 0 Å². The quantitative estimate of drug-likeness (QED) is 0.715. The standard InChI is InChI=1S/C21H25ClN2O4S/c1-24(18-5-3-4-6-18)21(25)16-9-12-19(28-2)20(13-16)29(26,27)23-14-15-7-10-17(22)11-8-15/h7-13,18,23H,3-6,14H2,1-2H3. The summed E-state index contributed by atoms with van der Waals surface area (Å²) >= 11 is 5.87. The fraction of sp³-hybridized carbons (Fsp3) is 0.381. The lowest BCUT2D eigenvalue weighted by molar-refractivity contribution is 0.0735. The van der Waals surface area contributed by atoms with Crippen molar-refractivity contribution < 1.29 is 17.9 Å². The molecule has 0 bridgehead atoms. The third-order valence-corrected chi connectivity index (χ3v) is 6.95. The molecule has 1 aliphatic rings. The highest BCUT2D eigenvalue weighted by molar-refractivity contribution is 7.89. The van der Waals surface area contributed by atoms with Gasteiger partial charge in [0, 0.05) is 30.2 Å². The molecule has 2 aromatic rings. The molecule has 1 N–H and O–H groups in total. The van der Waals surface area contributed by atoms with Crippen molar-refractivity contribution in [3.63, 3.8) is 0 Å². The Morgan fingerprint density at radius 2 is 1.83 bits per heavy atom. The first-order valence-electron chi connectivity index (χ1n) is 9.51. The van der Waals surface area contributed by atoms with Crippen LogP contribution in [0.5, 0.6) is 5.75 Å². The van der Waals surface area contributed by atoms with E-state index >= 15 is 0 Å². The van der Waals surface area contributed by atoms with E-state index in [0.29, 0.717) is 10.6 Å². The van der Waals surface area contributed by atoms with Gasteiger partial charge in [-0.15, -0.1) is 0 Å². The normalized spacial score (nSPS) is 14.7. The molecule has 0 unspecified atom stereocenters. The molecule has 2 aromatic carbocycles. The van der Waals surface area contributed by atoms with Gasteiger partial charge in [0.25, 0.3) is 5.91 Å². The van der Waals surface area contributed by atoms with Gasteiger partial charge in [-0.1, -0.05) is 36.6 Å². The van der Waals surface area contributed by atoms with Gasteiger partial charge in [0.05, 0.1) is 7.11 Å². The highest BCUT2D eigenvalue weighted by Crippen LogP contribution is 2.28. The lowest BCUT2D eigenvalue weighted by Crippen LogP contribution is -2.35. The average Bonchev–Trinajstić information content (AvgIpc) is 3.26. The summed E-state index contributed by atoms with van der Waals surface area (Å²) in [5, 5.41) is 0.580. The summed E-state index contributed by atoms with van der Waals surface area (Å²) in [6.45, 7) is 0.100. The van der Waals surface area contributed by atoms with E-state index in [0.717, 1.165) is 31.2 Å². The lowest BCUT2D eigenvalue weighted by Gasteiger charge is -2.24. The number of amides is 1. The van der Waals surface area contributed by atoms with Crippen LogP contribution in [0.3, 0.4) is 0 Å². The number of benzene rings is 2. The van der Waals surface area contributed by atoms with Crippen LogP contribution in [0.15, 0.2) is 47.4 Å². The van der Waals surface area contributed by atoms with E-state index in [9.17, 15) is 13.2 Å². The monoisotopic (exact) mass is 436 g/mol. The first-order valence-corrected chi connectivity index (χ1v) is 11.4. The van der Waals surface area contributed by atoms with Crippen molar-refractivity contribution in [1.29, 1.82) is 0 Å². The molecule has 1 fully saturated rings. The molecule has 0 atom stereocenters. The summed E-state index contributed by atoms with van der Waals surface area (Å²) in [5.41, 5.74) is 1.09. The van der Waals surface area contributed by atoms with Crippen LogP contribution in [-0.2, 0) is 16.6 Å². The first kappa shape index (κ1) is 21.6. The minimum absolute atomic E-state index is 0.0559. The van der Waals surface area contributed by atoms with Gasteiger partial charge < -0.3 is 9.64 Å². The summed E-state index contributed by atoms with van der Waals surface area (Å²) in [7, 11) is -0.715. The zero-order valence-corrected chi connectivity index (χ0v) is 18.1. The summed E-state index contributed by atoms with van der Waals surface area (Å²) in [5.74, 6) is 0.00220. The van der Waals surface area contributed by atoms with E-state index in [1.807, 2.05) is 0 Å². The minimum Gasteiger partial charge on any atom is -0.495 e. The summed E-state index contributed by atoms with van der Waals surface area (Å²) in [4.78, 5) is 14.5. The van der Waals surface area contributed by atoms with E-state index in [4.69, 9.17) is 16.3 Å². The molecule has 0 aliphatic heterocycles. The van der Waals surface area contributed by atoms with Gasteiger partial charge in [-0.2, -0.15) is 0 Å². The van der Waals surface area contributed by atoms with E-state index in [1.165, 1.54) is 19.2 Å². The molecule has 0 spiro atoms. The van der Waals surface area contributed by atoms with Gasteiger partial charge in [-0.05, 0) is 48.7 Å². The molecule has 29 heavy (non-hydrogen) atoms. The molecular formula is C21H25ClN2O4S. The fourth-order valence-electron chi connectivity index (χ4n) is 3.54. The Morgan fingerprint density at radius 1 is 1.17 bits per heavy atom. The van der Waals surface area contributed by atoms with E-state index < -0.39 is 10.0 Å². The second-order valence-corrected chi connectivity index (χ2v) is 9.34. The van der Waals surface area contributed by atoms with Crippen molar-refractivity contribution in [2.45, 2.75) is 43.2 Å². The topological polar surface area (TPSA) is 75.7 Å². The Morgan fingerprint density at radius 3 is 2.45 bits per heavy atom. The molecule has 0 radical (unpaired) electrons. The van der Waals surface area contributed by atoms with Gasteiger partial charge >= 0.3 is 0 Å². The Bertz CT molecular complexity index is 971. The molecule has 3 rings (SSSR count). The average molecular weight is 437 g/mol. The van der Waals surface area contributed by atoms with Crippen molar-refractivity contribution >= 4 is 27.5 Å². The first-order chi connectivity index (χ1) is 13.8. The molecular weight excluding hydrogens is 412 g/mol. The van der Waals surface area contributed by atoms with Crippen molar-refractivity contribution in [3.8, 4) is 5.75 Å². The van der Waals surface area contributed by atoms with Crippen molar-refractivity contribution in [2.24, 2.45) is 0 Å². The van der Waals surface area contributed by atoms with Crippen LogP contribution in [0.25, 0.3) is 0 Å². The molecule has 156 valence electrons. The SMILES string of the molecule is COc1ccc(C(=O)N(C)C2CCCC2)cc1S(=O)(=O)NCc1ccc(Cl)cc1. The van der Waals surface area contributed by atoms with E-state index in [-0.39, 0.29) is 29.1 Å². The Balaban J connectivity index is 1.83. The lowest BCUT2D eigenvalue weighted by atomic mass is 10.1. The number of carbonyl (C=O) groups is 1. The van der Waals surface area contributed by atoms with E-state index in [1.54, 1.807) is 42.3 Å². The molecule has 8 heteroatoms. The second-order valence-electron chi connectivity index (χ2n) is 7.17. The smallest absolute Gasteiger partial charge is 0.253 e. The number of carbonyl (C=O) groups excluding carboxylic acids is 1. The zero-order valence-electron chi connectivity index (χ0n) is 16.5. The van der Waals surface area contributed by atoms with Gasteiger partial charge in [0.15, 0.2) is 0 Å². The predicted octanol–water partition coefficient (Wildman–Crippen LogP) is 3.84. The zero-order chi connectivity index (χ0) is 21.0. The van der Waals surface area contributed by atoms with Crippen LogP contribution in [0.2, 0.25) is 5.02 Å². The van der Waals surface area contributed by atoms with Crippen LogP contribution >= 0.6 is 11.6 Å². The highest BCUT2D eigenvalue weighted by atomic mass is 35.5. The van der Waals surface area contributed by atoms with Crippen LogP contribution < -0.4 is 9.46 Å². The van der Waals surface area contributed by atoms with Gasteiger partial charge in [0.2, 0.25) is 10.0 Å². The molecule has 0 aromatic heterocycles. The summed E-state index contributed by atoms with van der Waals surface area (Å²) in [6, 6.07) is 11.6. The van der Waals surface area contributed by atoms with Crippen LogP contribution in [-0.4, -0.2) is 39.4 Å². The molecule has 6 nitrogen and oxygen atoms in total. The summed E-state index contributed by atoms with van der Waals surface area (Å²) < 4.78 is 33.6. The number of nitrogens with one attached hydrogen (secondary N) is 1. The number of halogens is 1. The van der Waals surface area contributed by atoms with E-state index in [2.05, 4.69) is 4.72 Å². The third kappa shape index (κ3) is 5.10. The molecule has 1 amide bonds. The van der Waals surface area contributed by atoms with Gasteiger partial charge in [-0.25, -0.2) is 13.1 Å². The number of rotatable bonds is 7. The number of hydrogen-bond acceptors (Lipinski definition) is 4. The van der Waals surface area contributed by atoms with Gasteiger partial charge in [0.1, 0.15) is 10.6 Å². The fourth-order valence-corrected chi connectivity index (χ4v) is 4.88. The minimum atomic E-state index is -3.89. The maximum absolute atomic E-state index is 12.9. The molecule has 0 heterocycles. The molecule has 0 saturated heterocycles. The number of hydrogen-bond donors (Lipinski definition) is 1. The Labute approximate surface area is 176 Å². The van der Waals surface area contributed by atoms with Crippen molar-refractivity contribution in [1.82, 2.24) is 9.62 Å². The van der Waals surface area contributed by atoms with Crippen LogP contribution in [0.1, 0.15) is 41.6 Å². The van der Waals surface area contributed by atoms with Gasteiger partial charge in [-0.3, -0.25) is 4.79 Å². The Hall–Kier alpha value is -2.09. The molecule has 1 saturated carbocycles. The number of nitrogens with zero attached hydrogens (tertiary/aromatic N) is 1. The number of methoxy groups -OCH3 is 1. The molecule has 1 aliphatic carbocycles. The van der Waals surface area contributed by atoms with Crippen LogP contribution in [0.4, 0.5) is 0 Å². The highest BCUT2D eigenvalue weighted by Gasteiger charge is 2.27. The third-order valence-electron chi connectivity index (χ3n) is 5.27. The number of ether oxygens (including phenoxy) is 1. The Kier molecular flexibility index (Phi) is 6.82. The van der Waals surface area contributed by atoms with Crippen molar-refractivity contribution in [3.05, 3.63) is 58.6 Å². The maximum atomic E-state index is 12.9. The second kappa shape index (κ2) is 9.15. The summed E-state index contributed by atoms with van der Waals surface area (Å²) in [6.07, 6.45) is 4.18.